The molecule has 0 atom stereocenters. The van der Waals surface area contributed by atoms with Crippen LogP contribution in [0.1, 0.15) is 18.9 Å². The molecule has 1 aromatic carbocycles. The average molecular weight is 288 g/mol. The van der Waals surface area contributed by atoms with E-state index in [1.165, 1.54) is 0 Å². The van der Waals surface area contributed by atoms with Crippen LogP contribution in [0.15, 0.2) is 49.2 Å². The maximum atomic E-state index is 5.95. The Morgan fingerprint density at radius 3 is 2.80 bits per heavy atom. The van der Waals surface area contributed by atoms with Gasteiger partial charge in [0, 0.05) is 34.7 Å². The van der Waals surface area contributed by atoms with Gasteiger partial charge in [0.15, 0.2) is 0 Å². The quantitative estimate of drug-likeness (QED) is 0.813. The zero-order chi connectivity index (χ0) is 14.4. The predicted octanol–water partition coefficient (Wildman–Crippen LogP) is 4.64. The summed E-state index contributed by atoms with van der Waals surface area (Å²) in [5.74, 6) is 0.881. The van der Waals surface area contributed by atoms with Gasteiger partial charge in [0.1, 0.15) is 5.82 Å². The Labute approximate surface area is 124 Å². The number of nitrogens with zero attached hydrogens (tertiary/aromatic N) is 1. The second kappa shape index (κ2) is 6.96. The smallest absolute Gasteiger partial charge is 0.125 e. The molecule has 0 aliphatic rings. The van der Waals surface area contributed by atoms with Crippen LogP contribution in [0.5, 0.6) is 0 Å². The monoisotopic (exact) mass is 287 g/mol. The second-order valence-electron chi connectivity index (χ2n) is 4.47. The zero-order valence-corrected chi connectivity index (χ0v) is 12.2. The van der Waals surface area contributed by atoms with Crippen molar-refractivity contribution in [2.45, 2.75) is 13.3 Å². The molecule has 0 saturated heterocycles. The predicted molar refractivity (Wildman–Crippen MR) is 87.1 cm³/mol. The summed E-state index contributed by atoms with van der Waals surface area (Å²) < 4.78 is 0. The number of rotatable bonds is 6. The first-order valence-electron chi connectivity index (χ1n) is 6.61. The minimum Gasteiger partial charge on any atom is -0.370 e. The molecule has 104 valence electrons. The lowest BCUT2D eigenvalue weighted by atomic mass is 10.2. The van der Waals surface area contributed by atoms with Crippen LogP contribution in [0, 0.1) is 0 Å². The Morgan fingerprint density at radius 2 is 2.15 bits per heavy atom. The van der Waals surface area contributed by atoms with E-state index in [0.29, 0.717) is 5.02 Å². The van der Waals surface area contributed by atoms with Gasteiger partial charge in [0.05, 0.1) is 0 Å². The van der Waals surface area contributed by atoms with Crippen LogP contribution in [-0.4, -0.2) is 11.5 Å². The number of hydrogen-bond donors (Lipinski definition) is 2. The fourth-order valence-electron chi connectivity index (χ4n) is 1.74. The van der Waals surface area contributed by atoms with E-state index in [0.717, 1.165) is 35.7 Å². The highest BCUT2D eigenvalue weighted by Gasteiger charge is 2.01. The van der Waals surface area contributed by atoms with Gasteiger partial charge in [0.2, 0.25) is 0 Å². The van der Waals surface area contributed by atoms with Crippen LogP contribution in [0.2, 0.25) is 5.02 Å². The largest absolute Gasteiger partial charge is 0.370 e. The molecular formula is C16H18ClN3. The molecule has 1 heterocycles. The van der Waals surface area contributed by atoms with Crippen LogP contribution in [-0.2, 0) is 0 Å². The summed E-state index contributed by atoms with van der Waals surface area (Å²) in [5.41, 5.74) is 2.66. The number of benzene rings is 1. The van der Waals surface area contributed by atoms with Crippen LogP contribution in [0.3, 0.4) is 0 Å². The summed E-state index contributed by atoms with van der Waals surface area (Å²) in [5, 5.41) is 7.16. The third-order valence-corrected chi connectivity index (χ3v) is 3.02. The Kier molecular flexibility index (Phi) is 5.02. The van der Waals surface area contributed by atoms with Crippen LogP contribution in [0.4, 0.5) is 11.5 Å². The Morgan fingerprint density at radius 1 is 1.30 bits per heavy atom. The van der Waals surface area contributed by atoms with Crippen molar-refractivity contribution in [1.29, 1.82) is 0 Å². The van der Waals surface area contributed by atoms with Gasteiger partial charge in [0.25, 0.3) is 0 Å². The van der Waals surface area contributed by atoms with E-state index < -0.39 is 0 Å². The first-order chi connectivity index (χ1) is 9.69. The van der Waals surface area contributed by atoms with Crippen LogP contribution in [0.25, 0.3) is 5.70 Å². The molecule has 0 saturated carbocycles. The molecule has 2 aromatic rings. The van der Waals surface area contributed by atoms with Crippen molar-refractivity contribution in [1.82, 2.24) is 4.98 Å². The number of aromatic nitrogens is 1. The van der Waals surface area contributed by atoms with Gasteiger partial charge in [-0.25, -0.2) is 4.98 Å². The fraction of sp³-hybridized carbons (Fsp3) is 0.188. The lowest BCUT2D eigenvalue weighted by molar-refractivity contribution is 0.969. The zero-order valence-electron chi connectivity index (χ0n) is 11.5. The van der Waals surface area contributed by atoms with E-state index in [1.807, 2.05) is 36.4 Å². The van der Waals surface area contributed by atoms with Gasteiger partial charge in [-0.05, 0) is 36.8 Å². The Balaban J connectivity index is 2.02. The Hall–Kier alpha value is -2.00. The summed E-state index contributed by atoms with van der Waals surface area (Å²) in [6.07, 6.45) is 2.88. The third kappa shape index (κ3) is 4.00. The maximum Gasteiger partial charge on any atom is 0.125 e. The summed E-state index contributed by atoms with van der Waals surface area (Å²) >= 11 is 5.95. The van der Waals surface area contributed by atoms with Crippen LogP contribution >= 0.6 is 11.6 Å². The minimum atomic E-state index is 0.694. The molecular weight excluding hydrogens is 270 g/mol. The lowest BCUT2D eigenvalue weighted by Crippen LogP contribution is -2.03. The van der Waals surface area contributed by atoms with Gasteiger partial charge in [-0.2, -0.15) is 0 Å². The highest BCUT2D eigenvalue weighted by atomic mass is 35.5. The minimum absolute atomic E-state index is 0.694. The number of anilines is 2. The van der Waals surface area contributed by atoms with Gasteiger partial charge >= 0.3 is 0 Å². The fourth-order valence-corrected chi connectivity index (χ4v) is 1.93. The maximum absolute atomic E-state index is 5.95. The van der Waals surface area contributed by atoms with Crippen molar-refractivity contribution in [3.05, 3.63) is 59.8 Å². The summed E-state index contributed by atoms with van der Waals surface area (Å²) in [7, 11) is 0. The molecule has 0 aliphatic heterocycles. The standard InChI is InChI=1S/C16H18ClN3/c1-3-9-18-16-8-7-13(11-19-16)12(2)20-15-6-4-5-14(17)10-15/h4-8,10-11,20H,2-3,9H2,1H3,(H,18,19). The molecule has 0 spiro atoms. The molecule has 0 bridgehead atoms. The molecule has 0 radical (unpaired) electrons. The highest BCUT2D eigenvalue weighted by Crippen LogP contribution is 2.20. The van der Waals surface area contributed by atoms with Gasteiger partial charge < -0.3 is 10.6 Å². The molecule has 4 heteroatoms. The van der Waals surface area contributed by atoms with Gasteiger partial charge in [-0.1, -0.05) is 31.2 Å². The topological polar surface area (TPSA) is 37.0 Å². The van der Waals surface area contributed by atoms with Gasteiger partial charge in [-0.3, -0.25) is 0 Å². The molecule has 0 amide bonds. The van der Waals surface area contributed by atoms with Crippen molar-refractivity contribution in [2.75, 3.05) is 17.2 Å². The molecule has 1 aromatic heterocycles. The summed E-state index contributed by atoms with van der Waals surface area (Å²) in [4.78, 5) is 4.36. The molecule has 0 fully saturated rings. The summed E-state index contributed by atoms with van der Waals surface area (Å²) in [6, 6.07) is 11.5. The molecule has 3 nitrogen and oxygen atoms in total. The Bertz CT molecular complexity index is 579. The molecule has 2 rings (SSSR count). The highest BCUT2D eigenvalue weighted by molar-refractivity contribution is 6.30. The van der Waals surface area contributed by atoms with Crippen LogP contribution < -0.4 is 10.6 Å². The second-order valence-corrected chi connectivity index (χ2v) is 4.91. The number of pyridine rings is 1. The van der Waals surface area contributed by atoms with E-state index in [1.54, 1.807) is 6.20 Å². The van der Waals surface area contributed by atoms with E-state index in [-0.39, 0.29) is 0 Å². The normalized spacial score (nSPS) is 10.1. The first-order valence-corrected chi connectivity index (χ1v) is 6.98. The summed E-state index contributed by atoms with van der Waals surface area (Å²) in [6.45, 7) is 7.07. The van der Waals surface area contributed by atoms with Crippen molar-refractivity contribution in [2.24, 2.45) is 0 Å². The molecule has 2 N–H and O–H groups in total. The van der Waals surface area contributed by atoms with Gasteiger partial charge in [-0.15, -0.1) is 0 Å². The van der Waals surface area contributed by atoms with Crippen molar-refractivity contribution in [3.63, 3.8) is 0 Å². The lowest BCUT2D eigenvalue weighted by Gasteiger charge is -2.11. The van der Waals surface area contributed by atoms with E-state index in [2.05, 4.69) is 29.1 Å². The van der Waals surface area contributed by atoms with Crippen molar-refractivity contribution >= 4 is 28.8 Å². The van der Waals surface area contributed by atoms with Crippen molar-refractivity contribution < 1.29 is 0 Å². The molecule has 20 heavy (non-hydrogen) atoms. The molecule has 0 aliphatic carbocycles. The van der Waals surface area contributed by atoms with E-state index >= 15 is 0 Å². The SMILES string of the molecule is C=C(Nc1cccc(Cl)c1)c1ccc(NCCC)nc1. The number of nitrogens with one attached hydrogen (secondary N) is 2. The first kappa shape index (κ1) is 14.4. The molecule has 0 unspecified atom stereocenters. The average Bonchev–Trinajstić information content (AvgIpc) is 2.45. The van der Waals surface area contributed by atoms with Crippen molar-refractivity contribution in [3.8, 4) is 0 Å². The van der Waals surface area contributed by atoms with E-state index in [4.69, 9.17) is 11.6 Å². The number of halogens is 1. The number of hydrogen-bond acceptors (Lipinski definition) is 3. The van der Waals surface area contributed by atoms with E-state index in [9.17, 15) is 0 Å². The third-order valence-electron chi connectivity index (χ3n) is 2.79.